The molecule has 0 spiro atoms. The summed E-state index contributed by atoms with van der Waals surface area (Å²) < 4.78 is 5.40. The molecule has 0 radical (unpaired) electrons. The molecule has 0 amide bonds. The lowest BCUT2D eigenvalue weighted by Crippen LogP contribution is -2.18. The van der Waals surface area contributed by atoms with Crippen molar-refractivity contribution in [2.24, 2.45) is 0 Å². The highest BCUT2D eigenvalue weighted by molar-refractivity contribution is 5.79. The van der Waals surface area contributed by atoms with E-state index in [1.807, 2.05) is 42.5 Å². The fourth-order valence-corrected chi connectivity index (χ4v) is 3.57. The molecule has 1 saturated heterocycles. The fraction of sp³-hybridized carbons (Fsp3) is 0.238. The number of aromatic amines is 1. The third-order valence-corrected chi connectivity index (χ3v) is 5.06. The van der Waals surface area contributed by atoms with Crippen molar-refractivity contribution >= 4 is 10.9 Å². The van der Waals surface area contributed by atoms with Gasteiger partial charge in [0.15, 0.2) is 0 Å². The fourth-order valence-electron chi connectivity index (χ4n) is 3.57. The number of rotatable bonds is 4. The minimum absolute atomic E-state index is 0.144. The van der Waals surface area contributed by atoms with Gasteiger partial charge in [-0.25, -0.2) is 4.98 Å². The molecule has 1 N–H and O–H groups in total. The maximum absolute atomic E-state index is 12.3. The molecule has 7 nitrogen and oxygen atoms in total. The van der Waals surface area contributed by atoms with Crippen LogP contribution in [-0.4, -0.2) is 38.1 Å². The van der Waals surface area contributed by atoms with Gasteiger partial charge in [-0.1, -0.05) is 41.6 Å². The monoisotopic (exact) mass is 373 g/mol. The predicted octanol–water partition coefficient (Wildman–Crippen LogP) is 3.24. The predicted molar refractivity (Wildman–Crippen MR) is 106 cm³/mol. The minimum atomic E-state index is -0.144. The van der Waals surface area contributed by atoms with Crippen LogP contribution in [0.2, 0.25) is 0 Å². The zero-order valence-electron chi connectivity index (χ0n) is 15.3. The number of fused-ring (bicyclic) bond motifs is 1. The zero-order valence-corrected chi connectivity index (χ0v) is 15.3. The van der Waals surface area contributed by atoms with E-state index in [0.29, 0.717) is 35.0 Å². The first-order valence-electron chi connectivity index (χ1n) is 9.41. The van der Waals surface area contributed by atoms with E-state index in [9.17, 15) is 4.79 Å². The van der Waals surface area contributed by atoms with Gasteiger partial charge >= 0.3 is 0 Å². The Balaban J connectivity index is 1.40. The van der Waals surface area contributed by atoms with Crippen molar-refractivity contribution in [3.05, 3.63) is 64.8 Å². The number of H-pyrrole nitrogens is 1. The van der Waals surface area contributed by atoms with Crippen molar-refractivity contribution in [1.29, 1.82) is 0 Å². The summed E-state index contributed by atoms with van der Waals surface area (Å²) in [5.74, 6) is 1.75. The van der Waals surface area contributed by atoms with Crippen LogP contribution in [0.1, 0.15) is 18.7 Å². The number of aromatic nitrogens is 4. The van der Waals surface area contributed by atoms with Gasteiger partial charge < -0.3 is 9.51 Å². The maximum Gasteiger partial charge on any atom is 0.259 e. The molecule has 3 heterocycles. The Morgan fingerprint density at radius 2 is 1.71 bits per heavy atom. The molecular formula is C21H19N5O2. The number of para-hydroxylation sites is 1. The van der Waals surface area contributed by atoms with Crippen LogP contribution in [0.3, 0.4) is 0 Å². The Kier molecular flexibility index (Phi) is 4.21. The highest BCUT2D eigenvalue weighted by atomic mass is 16.5. The number of nitrogens with zero attached hydrogens (tertiary/aromatic N) is 4. The Bertz CT molecular complexity index is 1170. The summed E-state index contributed by atoms with van der Waals surface area (Å²) in [6.07, 6.45) is 2.46. The van der Waals surface area contributed by atoms with Crippen LogP contribution >= 0.6 is 0 Å². The van der Waals surface area contributed by atoms with E-state index < -0.39 is 0 Å². The van der Waals surface area contributed by atoms with Gasteiger partial charge in [-0.15, -0.1) is 0 Å². The number of likely N-dealkylation sites (tertiary alicyclic amines) is 1. The van der Waals surface area contributed by atoms with Crippen molar-refractivity contribution in [3.8, 4) is 22.8 Å². The smallest absolute Gasteiger partial charge is 0.259 e. The van der Waals surface area contributed by atoms with Crippen LogP contribution in [0.15, 0.2) is 57.8 Å². The van der Waals surface area contributed by atoms with Crippen LogP contribution < -0.4 is 5.56 Å². The Morgan fingerprint density at radius 3 is 2.54 bits per heavy atom. The van der Waals surface area contributed by atoms with Gasteiger partial charge in [0.2, 0.25) is 11.7 Å². The summed E-state index contributed by atoms with van der Waals surface area (Å²) in [4.78, 5) is 26.5. The van der Waals surface area contributed by atoms with Crippen molar-refractivity contribution < 1.29 is 4.52 Å². The molecule has 1 fully saturated rings. The standard InChI is InChI=1S/C21H19N5O2/c27-21-16-5-1-2-6-17(16)22-19(24-21)14-7-9-15(10-8-14)20-23-18(28-25-20)13-26-11-3-4-12-26/h1-2,5-10H,3-4,11-13H2,(H,22,24,27). The van der Waals surface area contributed by atoms with Crippen LogP contribution in [0.25, 0.3) is 33.7 Å². The second-order valence-corrected chi connectivity index (χ2v) is 7.00. The SMILES string of the molecule is O=c1[nH]c(-c2ccc(-c3noc(CN4CCCC4)n3)cc2)nc2ccccc12. The van der Waals surface area contributed by atoms with Gasteiger partial charge in [-0.3, -0.25) is 9.69 Å². The molecule has 0 saturated carbocycles. The summed E-state index contributed by atoms with van der Waals surface area (Å²) in [6, 6.07) is 14.9. The largest absolute Gasteiger partial charge is 0.338 e. The number of nitrogens with one attached hydrogen (secondary N) is 1. The quantitative estimate of drug-likeness (QED) is 0.591. The van der Waals surface area contributed by atoms with Crippen LogP contribution in [0, 0.1) is 0 Å². The van der Waals surface area contributed by atoms with E-state index in [1.165, 1.54) is 12.8 Å². The third-order valence-electron chi connectivity index (χ3n) is 5.06. The molecular weight excluding hydrogens is 354 g/mol. The summed E-state index contributed by atoms with van der Waals surface area (Å²) in [6.45, 7) is 2.88. The van der Waals surface area contributed by atoms with Crippen molar-refractivity contribution in [2.45, 2.75) is 19.4 Å². The van der Waals surface area contributed by atoms with E-state index in [4.69, 9.17) is 4.52 Å². The number of hydrogen-bond acceptors (Lipinski definition) is 6. The van der Waals surface area contributed by atoms with Gasteiger partial charge in [-0.05, 0) is 38.1 Å². The first kappa shape index (κ1) is 16.8. The van der Waals surface area contributed by atoms with E-state index in [2.05, 4.69) is 25.0 Å². The zero-order chi connectivity index (χ0) is 18.9. The maximum atomic E-state index is 12.3. The summed E-state index contributed by atoms with van der Waals surface area (Å²) in [5, 5.41) is 4.68. The summed E-state index contributed by atoms with van der Waals surface area (Å²) in [5.41, 5.74) is 2.22. The highest BCUT2D eigenvalue weighted by Gasteiger charge is 2.16. The van der Waals surface area contributed by atoms with Gasteiger partial charge in [0, 0.05) is 11.1 Å². The normalized spacial score (nSPS) is 14.7. The van der Waals surface area contributed by atoms with Crippen molar-refractivity contribution in [2.75, 3.05) is 13.1 Å². The van der Waals surface area contributed by atoms with Crippen molar-refractivity contribution in [3.63, 3.8) is 0 Å². The number of hydrogen-bond donors (Lipinski definition) is 1. The van der Waals surface area contributed by atoms with Gasteiger partial charge in [0.05, 0.1) is 17.4 Å². The second kappa shape index (κ2) is 7.01. The lowest BCUT2D eigenvalue weighted by Gasteiger charge is -2.09. The second-order valence-electron chi connectivity index (χ2n) is 7.00. The van der Waals surface area contributed by atoms with Crippen LogP contribution in [0.5, 0.6) is 0 Å². The van der Waals surface area contributed by atoms with E-state index in [0.717, 1.165) is 24.2 Å². The molecule has 1 aliphatic heterocycles. The highest BCUT2D eigenvalue weighted by Crippen LogP contribution is 2.22. The molecule has 4 aromatic rings. The molecule has 0 bridgehead atoms. The molecule has 140 valence electrons. The van der Waals surface area contributed by atoms with Gasteiger partial charge in [0.25, 0.3) is 5.56 Å². The average Bonchev–Trinajstić information content (AvgIpc) is 3.41. The molecule has 0 atom stereocenters. The van der Waals surface area contributed by atoms with E-state index >= 15 is 0 Å². The van der Waals surface area contributed by atoms with Gasteiger partial charge in [0.1, 0.15) is 5.82 Å². The molecule has 2 aromatic carbocycles. The molecule has 7 heteroatoms. The Labute approximate surface area is 161 Å². The molecule has 28 heavy (non-hydrogen) atoms. The average molecular weight is 373 g/mol. The third kappa shape index (κ3) is 3.20. The van der Waals surface area contributed by atoms with Gasteiger partial charge in [-0.2, -0.15) is 4.98 Å². The van der Waals surface area contributed by atoms with E-state index in [-0.39, 0.29) is 5.56 Å². The summed E-state index contributed by atoms with van der Waals surface area (Å²) in [7, 11) is 0. The van der Waals surface area contributed by atoms with Crippen molar-refractivity contribution in [1.82, 2.24) is 25.0 Å². The first-order valence-corrected chi connectivity index (χ1v) is 9.41. The molecule has 1 aliphatic rings. The Hall–Kier alpha value is -3.32. The first-order chi connectivity index (χ1) is 13.8. The summed E-state index contributed by atoms with van der Waals surface area (Å²) >= 11 is 0. The van der Waals surface area contributed by atoms with Crippen LogP contribution in [0.4, 0.5) is 0 Å². The molecule has 0 aliphatic carbocycles. The topological polar surface area (TPSA) is 87.9 Å². The molecule has 5 rings (SSSR count). The molecule has 2 aromatic heterocycles. The van der Waals surface area contributed by atoms with Crippen LogP contribution in [-0.2, 0) is 6.54 Å². The minimum Gasteiger partial charge on any atom is -0.338 e. The Morgan fingerprint density at radius 1 is 0.964 bits per heavy atom. The lowest BCUT2D eigenvalue weighted by molar-refractivity contribution is 0.268. The molecule has 0 unspecified atom stereocenters. The number of benzene rings is 2. The van der Waals surface area contributed by atoms with E-state index in [1.54, 1.807) is 6.07 Å². The lowest BCUT2D eigenvalue weighted by atomic mass is 10.1.